The molecule has 0 saturated heterocycles. The highest BCUT2D eigenvalue weighted by atomic mass is 16.5. The van der Waals surface area contributed by atoms with Crippen LogP contribution < -0.4 is 24.6 Å². The molecular formula is C23H24O7. The molecule has 0 atom stereocenters. The Morgan fingerprint density at radius 3 is 1.83 bits per heavy atom. The SMILES string of the molecule is COc1cc(OC)c(-c2c(OC)cc3oc(=O)cc(OC)c3c2C)c(C)c1C(C)=O. The van der Waals surface area contributed by atoms with Gasteiger partial charge in [0.1, 0.15) is 28.6 Å². The Labute approximate surface area is 174 Å². The molecule has 0 spiro atoms. The molecule has 0 aliphatic rings. The normalized spacial score (nSPS) is 10.8. The molecule has 3 aromatic rings. The number of hydrogen-bond acceptors (Lipinski definition) is 7. The highest BCUT2D eigenvalue weighted by Crippen LogP contribution is 2.48. The predicted octanol–water partition coefficient (Wildman–Crippen LogP) is 4.31. The summed E-state index contributed by atoms with van der Waals surface area (Å²) in [4.78, 5) is 24.3. The zero-order chi connectivity index (χ0) is 22.2. The van der Waals surface area contributed by atoms with E-state index in [9.17, 15) is 9.59 Å². The number of ketones is 1. The molecule has 0 bridgehead atoms. The predicted molar refractivity (Wildman–Crippen MR) is 114 cm³/mol. The molecule has 2 aromatic carbocycles. The number of Topliss-reactive ketones (excluding diaryl/α,β-unsaturated/α-hetero) is 1. The first-order valence-corrected chi connectivity index (χ1v) is 9.25. The van der Waals surface area contributed by atoms with Crippen molar-refractivity contribution in [3.8, 4) is 34.1 Å². The molecule has 7 nitrogen and oxygen atoms in total. The van der Waals surface area contributed by atoms with Crippen molar-refractivity contribution in [1.82, 2.24) is 0 Å². The van der Waals surface area contributed by atoms with E-state index < -0.39 is 5.63 Å². The molecule has 0 amide bonds. The van der Waals surface area contributed by atoms with Crippen LogP contribution in [0.5, 0.6) is 23.0 Å². The molecule has 0 radical (unpaired) electrons. The minimum atomic E-state index is -0.523. The second-order valence-electron chi connectivity index (χ2n) is 6.80. The molecule has 0 N–H and O–H groups in total. The number of benzene rings is 2. The van der Waals surface area contributed by atoms with Crippen LogP contribution in [0.2, 0.25) is 0 Å². The highest BCUT2D eigenvalue weighted by Gasteiger charge is 2.26. The van der Waals surface area contributed by atoms with E-state index in [1.54, 1.807) is 19.2 Å². The lowest BCUT2D eigenvalue weighted by molar-refractivity contribution is 0.101. The van der Waals surface area contributed by atoms with Gasteiger partial charge in [-0.2, -0.15) is 0 Å². The number of fused-ring (bicyclic) bond motifs is 1. The molecule has 1 heterocycles. The maximum Gasteiger partial charge on any atom is 0.339 e. The van der Waals surface area contributed by atoms with E-state index in [2.05, 4.69) is 0 Å². The number of rotatable bonds is 6. The molecule has 30 heavy (non-hydrogen) atoms. The summed E-state index contributed by atoms with van der Waals surface area (Å²) in [5.41, 5.74) is 3.12. The summed E-state index contributed by atoms with van der Waals surface area (Å²) in [6, 6.07) is 4.62. The van der Waals surface area contributed by atoms with Crippen LogP contribution in [0.4, 0.5) is 0 Å². The Balaban J connectivity index is 2.55. The Morgan fingerprint density at radius 1 is 0.767 bits per heavy atom. The zero-order valence-electron chi connectivity index (χ0n) is 18.1. The van der Waals surface area contributed by atoms with Gasteiger partial charge < -0.3 is 23.4 Å². The second kappa shape index (κ2) is 8.10. The molecule has 0 unspecified atom stereocenters. The average molecular weight is 412 g/mol. The van der Waals surface area contributed by atoms with Crippen LogP contribution in [0.25, 0.3) is 22.1 Å². The lowest BCUT2D eigenvalue weighted by Crippen LogP contribution is -2.06. The zero-order valence-corrected chi connectivity index (χ0v) is 18.1. The summed E-state index contributed by atoms with van der Waals surface area (Å²) in [6.45, 7) is 5.20. The largest absolute Gasteiger partial charge is 0.496 e. The summed E-state index contributed by atoms with van der Waals surface area (Å²) in [7, 11) is 6.08. The molecule has 158 valence electrons. The van der Waals surface area contributed by atoms with Gasteiger partial charge in [-0.25, -0.2) is 4.79 Å². The van der Waals surface area contributed by atoms with Crippen LogP contribution in [-0.2, 0) is 0 Å². The van der Waals surface area contributed by atoms with Crippen molar-refractivity contribution in [1.29, 1.82) is 0 Å². The monoisotopic (exact) mass is 412 g/mol. The van der Waals surface area contributed by atoms with E-state index in [0.717, 1.165) is 5.56 Å². The van der Waals surface area contributed by atoms with E-state index in [-0.39, 0.29) is 5.78 Å². The van der Waals surface area contributed by atoms with Gasteiger partial charge in [0, 0.05) is 23.3 Å². The summed E-state index contributed by atoms with van der Waals surface area (Å²) >= 11 is 0. The van der Waals surface area contributed by atoms with Crippen LogP contribution >= 0.6 is 0 Å². The van der Waals surface area contributed by atoms with Gasteiger partial charge in [0.2, 0.25) is 0 Å². The van der Waals surface area contributed by atoms with Crippen molar-refractivity contribution in [2.75, 3.05) is 28.4 Å². The minimum Gasteiger partial charge on any atom is -0.496 e. The van der Waals surface area contributed by atoms with Crippen molar-refractivity contribution < 1.29 is 28.2 Å². The van der Waals surface area contributed by atoms with Crippen molar-refractivity contribution in [3.05, 3.63) is 45.3 Å². The summed E-state index contributed by atoms with van der Waals surface area (Å²) in [6.07, 6.45) is 0. The van der Waals surface area contributed by atoms with Gasteiger partial charge in [-0.05, 0) is 31.9 Å². The fourth-order valence-electron chi connectivity index (χ4n) is 3.92. The van der Waals surface area contributed by atoms with Crippen LogP contribution in [0.1, 0.15) is 28.4 Å². The third kappa shape index (κ3) is 3.26. The van der Waals surface area contributed by atoms with Gasteiger partial charge in [0.05, 0.1) is 45.5 Å². The van der Waals surface area contributed by atoms with Crippen LogP contribution in [-0.4, -0.2) is 34.2 Å². The van der Waals surface area contributed by atoms with Gasteiger partial charge in [-0.1, -0.05) is 0 Å². The quantitative estimate of drug-likeness (QED) is 0.440. The van der Waals surface area contributed by atoms with E-state index in [0.29, 0.717) is 56.2 Å². The van der Waals surface area contributed by atoms with Crippen molar-refractivity contribution >= 4 is 16.8 Å². The van der Waals surface area contributed by atoms with Crippen LogP contribution in [0.3, 0.4) is 0 Å². The third-order valence-electron chi connectivity index (χ3n) is 5.20. The second-order valence-corrected chi connectivity index (χ2v) is 6.80. The third-order valence-corrected chi connectivity index (χ3v) is 5.20. The first-order valence-electron chi connectivity index (χ1n) is 9.25. The maximum atomic E-state index is 12.4. The molecule has 1 aromatic heterocycles. The fraction of sp³-hybridized carbons (Fsp3) is 0.304. The number of carbonyl (C=O) groups is 1. The first kappa shape index (κ1) is 21.2. The lowest BCUT2D eigenvalue weighted by atomic mass is 9.88. The summed E-state index contributed by atoms with van der Waals surface area (Å²) in [5.74, 6) is 1.68. The molecular weight excluding hydrogens is 388 g/mol. The highest BCUT2D eigenvalue weighted by molar-refractivity contribution is 6.03. The summed E-state index contributed by atoms with van der Waals surface area (Å²) in [5, 5.41) is 0.634. The molecule has 3 rings (SSSR count). The number of ether oxygens (including phenoxy) is 4. The van der Waals surface area contributed by atoms with Gasteiger partial charge in [0.25, 0.3) is 0 Å². The van der Waals surface area contributed by atoms with Crippen molar-refractivity contribution in [3.63, 3.8) is 0 Å². The average Bonchev–Trinajstić information content (AvgIpc) is 2.72. The number of methoxy groups -OCH3 is 4. The standard InChI is InChI=1S/C23H24O7/c1-11-20(13(3)24)14(26-4)8-15(27-5)22(11)23-12(2)21-17(29-7)10-19(25)30-18(21)9-16(23)28-6/h8-10H,1-7H3. The van der Waals surface area contributed by atoms with E-state index >= 15 is 0 Å². The number of aryl methyl sites for hydroxylation is 1. The Morgan fingerprint density at radius 2 is 1.30 bits per heavy atom. The maximum absolute atomic E-state index is 12.4. The Hall–Kier alpha value is -3.48. The number of carbonyl (C=O) groups excluding carboxylic acids is 1. The van der Waals surface area contributed by atoms with Gasteiger partial charge in [0.15, 0.2) is 5.78 Å². The minimum absolute atomic E-state index is 0.130. The smallest absolute Gasteiger partial charge is 0.339 e. The summed E-state index contributed by atoms with van der Waals surface area (Å²) < 4.78 is 27.5. The van der Waals surface area contributed by atoms with Gasteiger partial charge >= 0.3 is 5.63 Å². The van der Waals surface area contributed by atoms with Crippen LogP contribution in [0.15, 0.2) is 27.4 Å². The molecule has 0 saturated carbocycles. The Kier molecular flexibility index (Phi) is 5.73. The van der Waals surface area contributed by atoms with E-state index in [1.165, 1.54) is 34.3 Å². The first-order chi connectivity index (χ1) is 14.3. The molecule has 0 aliphatic heterocycles. The number of hydrogen-bond donors (Lipinski definition) is 0. The Bertz CT molecular complexity index is 1200. The lowest BCUT2D eigenvalue weighted by Gasteiger charge is -2.22. The van der Waals surface area contributed by atoms with Gasteiger partial charge in [-0.3, -0.25) is 4.79 Å². The van der Waals surface area contributed by atoms with Crippen molar-refractivity contribution in [2.24, 2.45) is 0 Å². The molecule has 0 fully saturated rings. The fourth-order valence-corrected chi connectivity index (χ4v) is 3.92. The van der Waals surface area contributed by atoms with Crippen LogP contribution in [0, 0.1) is 13.8 Å². The molecule has 0 aliphatic carbocycles. The van der Waals surface area contributed by atoms with E-state index in [4.69, 9.17) is 23.4 Å². The van der Waals surface area contributed by atoms with E-state index in [1.807, 2.05) is 13.8 Å². The molecule has 7 heteroatoms. The van der Waals surface area contributed by atoms with Crippen molar-refractivity contribution in [2.45, 2.75) is 20.8 Å². The van der Waals surface area contributed by atoms with Gasteiger partial charge in [-0.15, -0.1) is 0 Å². The topological polar surface area (TPSA) is 84.2 Å².